The van der Waals surface area contributed by atoms with Crippen molar-refractivity contribution in [1.82, 2.24) is 10.2 Å². The number of carbonyl (C=O) groups excluding carboxylic acids is 1. The summed E-state index contributed by atoms with van der Waals surface area (Å²) in [5, 5.41) is 12.3. The highest BCUT2D eigenvalue weighted by molar-refractivity contribution is 5.74. The minimum atomic E-state index is -0.0985. The fourth-order valence-corrected chi connectivity index (χ4v) is 2.88. The average Bonchev–Trinajstić information content (AvgIpc) is 2.61. The number of rotatable bonds is 6. The van der Waals surface area contributed by atoms with Crippen molar-refractivity contribution in [3.05, 3.63) is 23.8 Å². The highest BCUT2D eigenvalue weighted by atomic mass is 16.5. The molecule has 23 heavy (non-hydrogen) atoms. The predicted molar refractivity (Wildman–Crippen MR) is 88.1 cm³/mol. The lowest BCUT2D eigenvalue weighted by Gasteiger charge is -2.34. The summed E-state index contributed by atoms with van der Waals surface area (Å²) in [5.41, 5.74) is 1.04. The molecule has 0 aliphatic carbocycles. The standard InChI is InChI=1S/C17H26N2O4/c1-22-15-9-13(10-16(11-15)23-2)6-7-18-17(21)19-8-4-3-5-14(19)12-20/h9-11,14,20H,3-8,12H2,1-2H3,(H,18,21). The number of benzene rings is 1. The van der Waals surface area contributed by atoms with Crippen LogP contribution in [0.3, 0.4) is 0 Å². The number of piperidine rings is 1. The van der Waals surface area contributed by atoms with Gasteiger partial charge in [-0.3, -0.25) is 0 Å². The Morgan fingerprint density at radius 3 is 2.57 bits per heavy atom. The number of nitrogens with zero attached hydrogens (tertiary/aromatic N) is 1. The normalized spacial score (nSPS) is 17.7. The number of aliphatic hydroxyl groups excluding tert-OH is 1. The number of methoxy groups -OCH3 is 2. The second-order valence-electron chi connectivity index (χ2n) is 5.73. The number of amides is 2. The van der Waals surface area contributed by atoms with Crippen molar-refractivity contribution in [2.24, 2.45) is 0 Å². The highest BCUT2D eigenvalue weighted by Crippen LogP contribution is 2.22. The van der Waals surface area contributed by atoms with Gasteiger partial charge in [-0.05, 0) is 43.4 Å². The van der Waals surface area contributed by atoms with Crippen LogP contribution in [-0.4, -0.2) is 56.0 Å². The maximum atomic E-state index is 12.3. The topological polar surface area (TPSA) is 71.0 Å². The smallest absolute Gasteiger partial charge is 0.317 e. The molecular weight excluding hydrogens is 296 g/mol. The van der Waals surface area contributed by atoms with Gasteiger partial charge in [0.2, 0.25) is 0 Å². The summed E-state index contributed by atoms with van der Waals surface area (Å²) in [4.78, 5) is 14.0. The van der Waals surface area contributed by atoms with Gasteiger partial charge in [0, 0.05) is 19.2 Å². The Labute approximate surface area is 137 Å². The molecule has 2 N–H and O–H groups in total. The number of carbonyl (C=O) groups is 1. The van der Waals surface area contributed by atoms with E-state index in [-0.39, 0.29) is 18.7 Å². The molecule has 1 unspecified atom stereocenters. The highest BCUT2D eigenvalue weighted by Gasteiger charge is 2.25. The summed E-state index contributed by atoms with van der Waals surface area (Å²) in [7, 11) is 3.23. The summed E-state index contributed by atoms with van der Waals surface area (Å²) < 4.78 is 10.5. The summed E-state index contributed by atoms with van der Waals surface area (Å²) in [6.45, 7) is 1.27. The number of aliphatic hydroxyl groups is 1. The van der Waals surface area contributed by atoms with E-state index in [9.17, 15) is 9.90 Å². The predicted octanol–water partition coefficient (Wildman–Crippen LogP) is 1.80. The largest absolute Gasteiger partial charge is 0.497 e. The quantitative estimate of drug-likeness (QED) is 0.838. The van der Waals surface area contributed by atoms with Gasteiger partial charge in [-0.1, -0.05) is 0 Å². The van der Waals surface area contributed by atoms with Crippen LogP contribution in [0.15, 0.2) is 18.2 Å². The molecule has 1 aliphatic rings. The van der Waals surface area contributed by atoms with Crippen LogP contribution >= 0.6 is 0 Å². The van der Waals surface area contributed by atoms with Crippen molar-refractivity contribution < 1.29 is 19.4 Å². The molecule has 1 saturated heterocycles. The van der Waals surface area contributed by atoms with Crippen LogP contribution in [0, 0.1) is 0 Å². The Morgan fingerprint density at radius 2 is 1.96 bits per heavy atom. The second-order valence-corrected chi connectivity index (χ2v) is 5.73. The van der Waals surface area contributed by atoms with Gasteiger partial charge in [0.15, 0.2) is 0 Å². The van der Waals surface area contributed by atoms with E-state index in [1.54, 1.807) is 19.1 Å². The molecule has 0 radical (unpaired) electrons. The SMILES string of the molecule is COc1cc(CCNC(=O)N2CCCCC2CO)cc(OC)c1. The van der Waals surface area contributed by atoms with Crippen molar-refractivity contribution in [1.29, 1.82) is 0 Å². The lowest BCUT2D eigenvalue weighted by Crippen LogP contribution is -2.50. The molecule has 2 rings (SSSR count). The minimum absolute atomic E-state index is 0.0283. The van der Waals surface area contributed by atoms with E-state index in [0.717, 1.165) is 36.3 Å². The van der Waals surface area contributed by atoms with Crippen LogP contribution in [0.2, 0.25) is 0 Å². The third-order valence-electron chi connectivity index (χ3n) is 4.20. The molecule has 1 atom stereocenters. The molecule has 1 fully saturated rings. The van der Waals surface area contributed by atoms with Gasteiger partial charge in [-0.15, -0.1) is 0 Å². The lowest BCUT2D eigenvalue weighted by molar-refractivity contribution is 0.108. The number of urea groups is 1. The van der Waals surface area contributed by atoms with Gasteiger partial charge in [-0.2, -0.15) is 0 Å². The fourth-order valence-electron chi connectivity index (χ4n) is 2.88. The van der Waals surface area contributed by atoms with E-state index >= 15 is 0 Å². The zero-order valence-electron chi connectivity index (χ0n) is 13.9. The fraction of sp³-hybridized carbons (Fsp3) is 0.588. The summed E-state index contributed by atoms with van der Waals surface area (Å²) in [6, 6.07) is 5.54. The van der Waals surface area contributed by atoms with E-state index in [0.29, 0.717) is 19.5 Å². The zero-order chi connectivity index (χ0) is 16.7. The first-order chi connectivity index (χ1) is 11.2. The third kappa shape index (κ3) is 4.76. The maximum Gasteiger partial charge on any atom is 0.317 e. The van der Waals surface area contributed by atoms with Crippen molar-refractivity contribution in [3.63, 3.8) is 0 Å². The van der Waals surface area contributed by atoms with Gasteiger partial charge in [-0.25, -0.2) is 4.79 Å². The summed E-state index contributed by atoms with van der Waals surface area (Å²) >= 11 is 0. The van der Waals surface area contributed by atoms with Crippen LogP contribution in [0.25, 0.3) is 0 Å². The Balaban J connectivity index is 1.87. The molecule has 6 nitrogen and oxygen atoms in total. The molecular formula is C17H26N2O4. The first-order valence-corrected chi connectivity index (χ1v) is 8.05. The Kier molecular flexibility index (Phi) is 6.52. The lowest BCUT2D eigenvalue weighted by atomic mass is 10.0. The number of likely N-dealkylation sites (tertiary alicyclic amines) is 1. The van der Waals surface area contributed by atoms with Gasteiger partial charge in [0.1, 0.15) is 11.5 Å². The van der Waals surface area contributed by atoms with Crippen LogP contribution in [0.5, 0.6) is 11.5 Å². The number of ether oxygens (including phenoxy) is 2. The molecule has 1 aromatic rings. The van der Waals surface area contributed by atoms with E-state index in [1.165, 1.54) is 0 Å². The first kappa shape index (κ1) is 17.4. The average molecular weight is 322 g/mol. The van der Waals surface area contributed by atoms with E-state index in [4.69, 9.17) is 9.47 Å². The van der Waals surface area contributed by atoms with Crippen molar-refractivity contribution in [3.8, 4) is 11.5 Å². The molecule has 6 heteroatoms. The molecule has 0 saturated carbocycles. The third-order valence-corrected chi connectivity index (χ3v) is 4.20. The minimum Gasteiger partial charge on any atom is -0.497 e. The molecule has 0 bridgehead atoms. The number of hydrogen-bond acceptors (Lipinski definition) is 4. The van der Waals surface area contributed by atoms with Crippen molar-refractivity contribution in [2.45, 2.75) is 31.7 Å². The van der Waals surface area contributed by atoms with E-state index < -0.39 is 0 Å². The molecule has 1 aliphatic heterocycles. The Hall–Kier alpha value is -1.95. The van der Waals surface area contributed by atoms with Gasteiger partial charge >= 0.3 is 6.03 Å². The molecule has 1 heterocycles. The number of hydrogen-bond donors (Lipinski definition) is 2. The molecule has 0 spiro atoms. The zero-order valence-corrected chi connectivity index (χ0v) is 13.9. The monoisotopic (exact) mass is 322 g/mol. The second kappa shape index (κ2) is 8.62. The van der Waals surface area contributed by atoms with Crippen LogP contribution < -0.4 is 14.8 Å². The van der Waals surface area contributed by atoms with Gasteiger partial charge in [0.05, 0.1) is 26.9 Å². The van der Waals surface area contributed by atoms with Crippen LogP contribution in [-0.2, 0) is 6.42 Å². The van der Waals surface area contributed by atoms with Crippen LogP contribution in [0.1, 0.15) is 24.8 Å². The van der Waals surface area contributed by atoms with Gasteiger partial charge < -0.3 is 24.8 Å². The summed E-state index contributed by atoms with van der Waals surface area (Å²) in [5.74, 6) is 1.48. The van der Waals surface area contributed by atoms with Crippen LogP contribution in [0.4, 0.5) is 4.79 Å². The molecule has 0 aromatic heterocycles. The molecule has 128 valence electrons. The van der Waals surface area contributed by atoms with Crippen molar-refractivity contribution in [2.75, 3.05) is 33.9 Å². The van der Waals surface area contributed by atoms with Crippen molar-refractivity contribution >= 4 is 6.03 Å². The first-order valence-electron chi connectivity index (χ1n) is 8.05. The Morgan fingerprint density at radius 1 is 1.26 bits per heavy atom. The molecule has 1 aromatic carbocycles. The number of nitrogens with one attached hydrogen (secondary N) is 1. The van der Waals surface area contributed by atoms with E-state index in [1.807, 2.05) is 18.2 Å². The summed E-state index contributed by atoms with van der Waals surface area (Å²) in [6.07, 6.45) is 3.63. The molecule has 2 amide bonds. The van der Waals surface area contributed by atoms with Gasteiger partial charge in [0.25, 0.3) is 0 Å². The Bertz CT molecular complexity index is 499. The maximum absolute atomic E-state index is 12.3. The van der Waals surface area contributed by atoms with E-state index in [2.05, 4.69) is 5.32 Å².